The molecule has 3 unspecified atom stereocenters. The number of hydrogen-bond acceptors (Lipinski definition) is 15. The van der Waals surface area contributed by atoms with Gasteiger partial charge in [-0.1, -0.05) is 261 Å². The average Bonchev–Trinajstić information content (AvgIpc) is 3.50. The molecule has 0 amide bonds. The standard InChI is InChI=1S/C65H126O17P2/c1-9-58(8)44-36-28-22-24-32-40-48-65(70)82-61(51-75-62(67)45-37-29-19-14-12-10-11-13-17-25-33-41-55(2)3)54-80-84(73,74)78-50-59(66)49-77-83(71,72)79-53-60(52-76-63(68)46-38-30-23-21-27-35-43-57(6)7)81-64(69)47-39-31-20-16-15-18-26-34-42-56(4)5/h55-61,66H,9-54H2,1-8H3,(H,71,72)(H,73,74)/t58?,59-,60+,61+/m0/s1. The second-order valence-electron chi connectivity index (χ2n) is 25.2. The van der Waals surface area contributed by atoms with Crippen LogP contribution in [0.3, 0.4) is 0 Å². The first-order chi connectivity index (χ1) is 40.1. The molecule has 0 fully saturated rings. The normalized spacial score (nSPS) is 14.7. The summed E-state index contributed by atoms with van der Waals surface area (Å²) in [5, 5.41) is 10.5. The number of hydrogen-bond donors (Lipinski definition) is 3. The SMILES string of the molecule is CCC(C)CCCCCCCCC(=O)O[C@H](COC(=O)CCCCCCCCCCCCCC(C)C)COP(=O)(O)OC[C@@H](O)COP(=O)(O)OC[C@@H](COC(=O)CCCCCCCCC(C)C)OC(=O)CCCCCCCCCCC(C)C. The van der Waals surface area contributed by atoms with E-state index in [0.717, 1.165) is 114 Å². The highest BCUT2D eigenvalue weighted by Crippen LogP contribution is 2.45. The average molecular weight is 1240 g/mol. The maximum Gasteiger partial charge on any atom is 0.472 e. The third-order valence-electron chi connectivity index (χ3n) is 15.2. The highest BCUT2D eigenvalue weighted by atomic mass is 31.2. The molecule has 0 radical (unpaired) electrons. The zero-order valence-electron chi connectivity index (χ0n) is 54.5. The molecule has 0 aliphatic heterocycles. The molecule has 0 aromatic heterocycles. The molecule has 498 valence electrons. The third kappa shape index (κ3) is 57.8. The number of rotatable bonds is 62. The molecule has 0 heterocycles. The van der Waals surface area contributed by atoms with Crippen molar-refractivity contribution < 1.29 is 80.2 Å². The van der Waals surface area contributed by atoms with Crippen molar-refractivity contribution in [1.82, 2.24) is 0 Å². The minimum atomic E-state index is -4.95. The Kier molecular flexibility index (Phi) is 53.9. The van der Waals surface area contributed by atoms with Gasteiger partial charge in [-0.15, -0.1) is 0 Å². The number of phosphoric acid groups is 2. The quantitative estimate of drug-likeness (QED) is 0.0222. The summed E-state index contributed by atoms with van der Waals surface area (Å²) in [6, 6.07) is 0. The lowest BCUT2D eigenvalue weighted by Crippen LogP contribution is -2.30. The largest absolute Gasteiger partial charge is 0.472 e. The Bertz CT molecular complexity index is 1680. The van der Waals surface area contributed by atoms with E-state index in [-0.39, 0.29) is 25.7 Å². The lowest BCUT2D eigenvalue weighted by molar-refractivity contribution is -0.161. The summed E-state index contributed by atoms with van der Waals surface area (Å²) in [6.07, 6.45) is 35.1. The Morgan fingerprint density at radius 3 is 0.845 bits per heavy atom. The summed E-state index contributed by atoms with van der Waals surface area (Å²) < 4.78 is 68.0. The van der Waals surface area contributed by atoms with Gasteiger partial charge in [0.25, 0.3) is 0 Å². The molecule has 0 spiro atoms. The van der Waals surface area contributed by atoms with E-state index < -0.39 is 97.5 Å². The van der Waals surface area contributed by atoms with Crippen LogP contribution in [0.15, 0.2) is 0 Å². The second-order valence-corrected chi connectivity index (χ2v) is 28.1. The lowest BCUT2D eigenvalue weighted by Gasteiger charge is -2.21. The predicted molar refractivity (Wildman–Crippen MR) is 335 cm³/mol. The molecule has 0 bridgehead atoms. The summed E-state index contributed by atoms with van der Waals surface area (Å²) in [6.45, 7) is 13.9. The number of carbonyl (C=O) groups is 4. The molecule has 0 aromatic carbocycles. The maximum atomic E-state index is 13.0. The van der Waals surface area contributed by atoms with Gasteiger partial charge in [-0.25, -0.2) is 9.13 Å². The van der Waals surface area contributed by atoms with Gasteiger partial charge >= 0.3 is 39.5 Å². The fraction of sp³-hybridized carbons (Fsp3) is 0.938. The molecule has 0 rings (SSSR count). The number of unbranched alkanes of at least 4 members (excludes halogenated alkanes) is 27. The smallest absolute Gasteiger partial charge is 0.462 e. The van der Waals surface area contributed by atoms with Crippen LogP contribution in [-0.4, -0.2) is 96.7 Å². The highest BCUT2D eigenvalue weighted by Gasteiger charge is 2.30. The van der Waals surface area contributed by atoms with Crippen LogP contribution in [0, 0.1) is 23.7 Å². The number of aliphatic hydroxyl groups is 1. The van der Waals surface area contributed by atoms with Crippen LogP contribution in [0.25, 0.3) is 0 Å². The second kappa shape index (κ2) is 55.2. The molecule has 6 atom stereocenters. The first-order valence-electron chi connectivity index (χ1n) is 33.7. The number of phosphoric ester groups is 2. The van der Waals surface area contributed by atoms with Crippen LogP contribution in [0.1, 0.15) is 312 Å². The van der Waals surface area contributed by atoms with Crippen molar-refractivity contribution in [3.63, 3.8) is 0 Å². The molecule has 0 saturated heterocycles. The molecule has 19 heteroatoms. The summed E-state index contributed by atoms with van der Waals surface area (Å²) >= 11 is 0. The number of carbonyl (C=O) groups excluding carboxylic acids is 4. The van der Waals surface area contributed by atoms with Gasteiger partial charge in [0.2, 0.25) is 0 Å². The van der Waals surface area contributed by atoms with Gasteiger partial charge in [0, 0.05) is 25.7 Å². The van der Waals surface area contributed by atoms with Crippen molar-refractivity contribution >= 4 is 39.5 Å². The van der Waals surface area contributed by atoms with Gasteiger partial charge in [-0.2, -0.15) is 0 Å². The van der Waals surface area contributed by atoms with Crippen LogP contribution in [-0.2, 0) is 65.4 Å². The van der Waals surface area contributed by atoms with Crippen LogP contribution < -0.4 is 0 Å². The number of aliphatic hydroxyl groups excluding tert-OH is 1. The zero-order chi connectivity index (χ0) is 62.5. The van der Waals surface area contributed by atoms with Crippen molar-refractivity contribution in [1.29, 1.82) is 0 Å². The molecule has 0 aliphatic carbocycles. The van der Waals surface area contributed by atoms with Gasteiger partial charge in [0.1, 0.15) is 19.3 Å². The molecule has 3 N–H and O–H groups in total. The van der Waals surface area contributed by atoms with Gasteiger partial charge in [0.15, 0.2) is 12.2 Å². The van der Waals surface area contributed by atoms with E-state index in [2.05, 4.69) is 55.4 Å². The van der Waals surface area contributed by atoms with Crippen LogP contribution in [0.5, 0.6) is 0 Å². The van der Waals surface area contributed by atoms with Crippen LogP contribution in [0.4, 0.5) is 0 Å². The van der Waals surface area contributed by atoms with Gasteiger partial charge in [0.05, 0.1) is 26.4 Å². The summed E-state index contributed by atoms with van der Waals surface area (Å²) in [7, 11) is -9.89. The van der Waals surface area contributed by atoms with Crippen LogP contribution in [0.2, 0.25) is 0 Å². The van der Waals surface area contributed by atoms with E-state index in [1.54, 1.807) is 0 Å². The number of esters is 4. The highest BCUT2D eigenvalue weighted by molar-refractivity contribution is 7.47. The Labute approximate surface area is 511 Å². The van der Waals surface area contributed by atoms with Crippen molar-refractivity contribution in [3.05, 3.63) is 0 Å². The van der Waals surface area contributed by atoms with Gasteiger partial charge < -0.3 is 33.8 Å². The summed E-state index contributed by atoms with van der Waals surface area (Å²) in [4.78, 5) is 72.2. The summed E-state index contributed by atoms with van der Waals surface area (Å²) in [5.41, 5.74) is 0. The molecular formula is C65H126O17P2. The first kappa shape index (κ1) is 82.1. The van der Waals surface area contributed by atoms with Crippen molar-refractivity contribution in [2.45, 2.75) is 331 Å². The Hall–Kier alpha value is -1.94. The third-order valence-corrected chi connectivity index (χ3v) is 17.1. The predicted octanol–water partition coefficient (Wildman–Crippen LogP) is 17.8. The molecule has 17 nitrogen and oxygen atoms in total. The Balaban J connectivity index is 5.24. The minimum Gasteiger partial charge on any atom is -0.462 e. The summed E-state index contributed by atoms with van der Waals surface area (Å²) in [5.74, 6) is 0.747. The molecule has 0 aliphatic rings. The fourth-order valence-corrected chi connectivity index (χ4v) is 11.2. The molecular weight excluding hydrogens is 1110 g/mol. The van der Waals surface area contributed by atoms with Crippen molar-refractivity contribution in [2.24, 2.45) is 23.7 Å². The van der Waals surface area contributed by atoms with Gasteiger partial charge in [-0.05, 0) is 49.4 Å². The monoisotopic (exact) mass is 1240 g/mol. The molecule has 84 heavy (non-hydrogen) atoms. The van der Waals surface area contributed by atoms with Gasteiger partial charge in [-0.3, -0.25) is 37.3 Å². The van der Waals surface area contributed by atoms with E-state index >= 15 is 0 Å². The Morgan fingerprint density at radius 1 is 0.333 bits per heavy atom. The van der Waals surface area contributed by atoms with Crippen molar-refractivity contribution in [2.75, 3.05) is 39.6 Å². The molecule has 0 saturated carbocycles. The fourth-order valence-electron chi connectivity index (χ4n) is 9.57. The van der Waals surface area contributed by atoms with Crippen molar-refractivity contribution in [3.8, 4) is 0 Å². The minimum absolute atomic E-state index is 0.102. The van der Waals surface area contributed by atoms with E-state index in [1.165, 1.54) is 109 Å². The number of ether oxygens (including phenoxy) is 4. The van der Waals surface area contributed by atoms with E-state index in [4.69, 9.17) is 37.0 Å². The van der Waals surface area contributed by atoms with Crippen LogP contribution >= 0.6 is 15.6 Å². The van der Waals surface area contributed by atoms with E-state index in [9.17, 15) is 43.2 Å². The Morgan fingerprint density at radius 2 is 0.571 bits per heavy atom. The lowest BCUT2D eigenvalue weighted by atomic mass is 10.00. The maximum absolute atomic E-state index is 13.0. The van der Waals surface area contributed by atoms with E-state index in [0.29, 0.717) is 31.6 Å². The zero-order valence-corrected chi connectivity index (χ0v) is 56.3. The van der Waals surface area contributed by atoms with E-state index in [1.807, 2.05) is 0 Å². The molecule has 0 aromatic rings. The topological polar surface area (TPSA) is 237 Å². The first-order valence-corrected chi connectivity index (χ1v) is 36.7.